The third-order valence-electron chi connectivity index (χ3n) is 3.02. The summed E-state index contributed by atoms with van der Waals surface area (Å²) in [6, 6.07) is 0.0880. The molecule has 2 heterocycles. The summed E-state index contributed by atoms with van der Waals surface area (Å²) in [6.07, 6.45) is 10.7. The number of carbonyl (C=O) groups is 1. The summed E-state index contributed by atoms with van der Waals surface area (Å²) in [5.74, 6) is 0. The summed E-state index contributed by atoms with van der Waals surface area (Å²) in [5, 5.41) is 0. The van der Waals surface area contributed by atoms with E-state index >= 15 is 0 Å². The minimum Gasteiger partial charge on any atom is -0.444 e. The molecule has 5 nitrogen and oxygen atoms in total. The Balaban J connectivity index is 2.01. The van der Waals surface area contributed by atoms with E-state index in [0.29, 0.717) is 0 Å². The molecule has 0 aliphatic carbocycles. The Hall–Kier alpha value is -1.91. The van der Waals surface area contributed by atoms with E-state index in [1.54, 1.807) is 17.3 Å². The van der Waals surface area contributed by atoms with Gasteiger partial charge in [-0.25, -0.2) is 14.8 Å². The minimum atomic E-state index is -0.457. The molecule has 1 aromatic heterocycles. The predicted molar refractivity (Wildman–Crippen MR) is 77.0 cm³/mol. The molecule has 108 valence electrons. The first-order valence-corrected chi connectivity index (χ1v) is 6.88. The Morgan fingerprint density at radius 2 is 2.10 bits per heavy atom. The lowest BCUT2D eigenvalue weighted by Gasteiger charge is -2.27. The summed E-state index contributed by atoms with van der Waals surface area (Å²) >= 11 is 0. The van der Waals surface area contributed by atoms with Crippen LogP contribution in [-0.2, 0) is 4.74 Å². The zero-order chi connectivity index (χ0) is 14.6. The summed E-state index contributed by atoms with van der Waals surface area (Å²) in [6.45, 7) is 6.39. The monoisotopic (exact) mass is 275 g/mol. The van der Waals surface area contributed by atoms with Crippen LogP contribution in [0.1, 0.15) is 39.2 Å². The molecule has 0 radical (unpaired) electrons. The van der Waals surface area contributed by atoms with Gasteiger partial charge in [0, 0.05) is 24.5 Å². The molecule has 1 amide bonds. The number of carbonyl (C=O) groups excluding carboxylic acids is 1. The van der Waals surface area contributed by atoms with E-state index in [2.05, 4.69) is 9.97 Å². The Morgan fingerprint density at radius 3 is 2.75 bits per heavy atom. The fourth-order valence-corrected chi connectivity index (χ4v) is 2.16. The summed E-state index contributed by atoms with van der Waals surface area (Å²) in [5.41, 5.74) is 0.477. The van der Waals surface area contributed by atoms with Gasteiger partial charge < -0.3 is 9.64 Å². The van der Waals surface area contributed by atoms with Crippen molar-refractivity contribution in [1.82, 2.24) is 14.9 Å². The zero-order valence-corrected chi connectivity index (χ0v) is 12.2. The van der Waals surface area contributed by atoms with Crippen LogP contribution in [-0.4, -0.2) is 39.1 Å². The lowest BCUT2D eigenvalue weighted by molar-refractivity contribution is 0.0256. The van der Waals surface area contributed by atoms with Crippen LogP contribution in [0.4, 0.5) is 4.79 Å². The molecule has 1 aliphatic heterocycles. The third kappa shape index (κ3) is 4.05. The van der Waals surface area contributed by atoms with Crippen LogP contribution in [0.15, 0.2) is 24.8 Å². The molecule has 1 fully saturated rings. The van der Waals surface area contributed by atoms with Crippen molar-refractivity contribution in [1.29, 1.82) is 0 Å². The molecule has 1 atom stereocenters. The van der Waals surface area contributed by atoms with Crippen LogP contribution in [0, 0.1) is 0 Å². The molecule has 1 unspecified atom stereocenters. The summed E-state index contributed by atoms with van der Waals surface area (Å²) in [4.78, 5) is 21.8. The van der Waals surface area contributed by atoms with Crippen LogP contribution >= 0.6 is 0 Å². The molecule has 1 saturated heterocycles. The molecule has 5 heteroatoms. The van der Waals surface area contributed by atoms with Gasteiger partial charge >= 0.3 is 6.09 Å². The molecule has 1 aliphatic rings. The second-order valence-corrected chi connectivity index (χ2v) is 5.91. The average molecular weight is 275 g/mol. The van der Waals surface area contributed by atoms with Crippen LogP contribution in [0.5, 0.6) is 0 Å². The van der Waals surface area contributed by atoms with E-state index in [-0.39, 0.29) is 12.1 Å². The van der Waals surface area contributed by atoms with Crippen LogP contribution in [0.2, 0.25) is 0 Å². The van der Waals surface area contributed by atoms with Crippen molar-refractivity contribution in [3.05, 3.63) is 30.4 Å². The van der Waals surface area contributed by atoms with Gasteiger partial charge in [0.15, 0.2) is 0 Å². The highest BCUT2D eigenvalue weighted by Gasteiger charge is 2.30. The van der Waals surface area contributed by atoms with Crippen LogP contribution in [0.3, 0.4) is 0 Å². The van der Waals surface area contributed by atoms with Gasteiger partial charge in [0.25, 0.3) is 0 Å². The lowest BCUT2D eigenvalue weighted by Crippen LogP contribution is -2.39. The van der Waals surface area contributed by atoms with E-state index < -0.39 is 5.60 Å². The van der Waals surface area contributed by atoms with E-state index in [9.17, 15) is 4.79 Å². The Kier molecular flexibility index (Phi) is 4.37. The second-order valence-electron chi connectivity index (χ2n) is 5.91. The minimum absolute atomic E-state index is 0.0880. The van der Waals surface area contributed by atoms with Crippen molar-refractivity contribution in [2.45, 2.75) is 45.3 Å². The van der Waals surface area contributed by atoms with Crippen molar-refractivity contribution >= 4 is 12.2 Å². The van der Waals surface area contributed by atoms with Crippen molar-refractivity contribution in [2.24, 2.45) is 0 Å². The molecule has 0 spiro atoms. The number of nitrogens with zero attached hydrogens (tertiary/aromatic N) is 3. The SMILES string of the molecule is CC(C)(C)OC(=O)N1CCCC1C=Cc1cncnc1. The fraction of sp³-hybridized carbons (Fsp3) is 0.533. The Morgan fingerprint density at radius 1 is 1.40 bits per heavy atom. The molecule has 20 heavy (non-hydrogen) atoms. The van der Waals surface area contributed by atoms with Crippen LogP contribution in [0.25, 0.3) is 6.08 Å². The molecule has 1 aromatic rings. The first-order chi connectivity index (χ1) is 9.46. The lowest BCUT2D eigenvalue weighted by atomic mass is 10.2. The maximum Gasteiger partial charge on any atom is 0.410 e. The Labute approximate surface area is 119 Å². The molecule has 0 saturated carbocycles. The highest BCUT2D eigenvalue weighted by Crippen LogP contribution is 2.22. The van der Waals surface area contributed by atoms with E-state index in [1.807, 2.05) is 32.9 Å². The normalized spacial score (nSPS) is 19.6. The van der Waals surface area contributed by atoms with Crippen molar-refractivity contribution < 1.29 is 9.53 Å². The van der Waals surface area contributed by atoms with Crippen molar-refractivity contribution in [3.63, 3.8) is 0 Å². The number of hydrogen-bond acceptors (Lipinski definition) is 4. The molecule has 0 aromatic carbocycles. The molecule has 0 N–H and O–H groups in total. The third-order valence-corrected chi connectivity index (χ3v) is 3.02. The van der Waals surface area contributed by atoms with Gasteiger partial charge in [-0.3, -0.25) is 0 Å². The predicted octanol–water partition coefficient (Wildman–Crippen LogP) is 2.89. The average Bonchev–Trinajstić information content (AvgIpc) is 2.84. The summed E-state index contributed by atoms with van der Waals surface area (Å²) < 4.78 is 5.43. The maximum atomic E-state index is 12.1. The highest BCUT2D eigenvalue weighted by atomic mass is 16.6. The Bertz CT molecular complexity index is 480. The van der Waals surface area contributed by atoms with Crippen molar-refractivity contribution in [3.8, 4) is 0 Å². The van der Waals surface area contributed by atoms with Gasteiger partial charge in [-0.15, -0.1) is 0 Å². The summed E-state index contributed by atoms with van der Waals surface area (Å²) in [7, 11) is 0. The fourth-order valence-electron chi connectivity index (χ4n) is 2.16. The van der Waals surface area contributed by atoms with E-state index in [0.717, 1.165) is 24.9 Å². The zero-order valence-electron chi connectivity index (χ0n) is 12.2. The standard InChI is InChI=1S/C15H21N3O2/c1-15(2,3)20-14(19)18-8-4-5-13(18)7-6-12-9-16-11-17-10-12/h6-7,9-11,13H,4-5,8H2,1-3H3. The molecular formula is C15H21N3O2. The second kappa shape index (κ2) is 6.03. The van der Waals surface area contributed by atoms with Gasteiger partial charge in [0.2, 0.25) is 0 Å². The smallest absolute Gasteiger partial charge is 0.410 e. The highest BCUT2D eigenvalue weighted by molar-refractivity contribution is 5.69. The first kappa shape index (κ1) is 14.5. The van der Waals surface area contributed by atoms with Gasteiger partial charge in [-0.1, -0.05) is 12.2 Å². The number of rotatable bonds is 2. The number of ether oxygens (including phenoxy) is 1. The van der Waals surface area contributed by atoms with Crippen LogP contribution < -0.4 is 0 Å². The number of amides is 1. The number of likely N-dealkylation sites (tertiary alicyclic amines) is 1. The van der Waals surface area contributed by atoms with Gasteiger partial charge in [-0.2, -0.15) is 0 Å². The molecule has 0 bridgehead atoms. The maximum absolute atomic E-state index is 12.1. The molecular weight excluding hydrogens is 254 g/mol. The van der Waals surface area contributed by atoms with E-state index in [4.69, 9.17) is 4.74 Å². The number of aromatic nitrogens is 2. The van der Waals surface area contributed by atoms with Crippen molar-refractivity contribution in [2.75, 3.05) is 6.54 Å². The number of hydrogen-bond donors (Lipinski definition) is 0. The molecule has 2 rings (SSSR count). The first-order valence-electron chi connectivity index (χ1n) is 6.88. The van der Waals surface area contributed by atoms with Gasteiger partial charge in [-0.05, 0) is 33.6 Å². The quantitative estimate of drug-likeness (QED) is 0.832. The largest absolute Gasteiger partial charge is 0.444 e. The van der Waals surface area contributed by atoms with Gasteiger partial charge in [0.05, 0.1) is 6.04 Å². The van der Waals surface area contributed by atoms with Gasteiger partial charge in [0.1, 0.15) is 11.9 Å². The van der Waals surface area contributed by atoms with E-state index in [1.165, 1.54) is 6.33 Å². The topological polar surface area (TPSA) is 55.3 Å².